The zero-order valence-corrected chi connectivity index (χ0v) is 11.2. The van der Waals surface area contributed by atoms with Crippen LogP contribution in [0.15, 0.2) is 18.2 Å². The second-order valence-electron chi connectivity index (χ2n) is 5.12. The standard InChI is InChI=1S/C15H22FNO/c1-3-4-14(10-17-12-5-6-12)18-13-7-8-15(16)11(2)9-13/h7-9,12,14,17H,3-6,10H2,1-2H3. The third-order valence-electron chi connectivity index (χ3n) is 3.25. The zero-order valence-electron chi connectivity index (χ0n) is 11.2. The Morgan fingerprint density at radius 2 is 2.22 bits per heavy atom. The minimum atomic E-state index is -0.175. The largest absolute Gasteiger partial charge is 0.489 e. The fraction of sp³-hybridized carbons (Fsp3) is 0.600. The zero-order chi connectivity index (χ0) is 13.0. The molecule has 0 aromatic heterocycles. The molecule has 0 spiro atoms. The molecule has 1 atom stereocenters. The summed E-state index contributed by atoms with van der Waals surface area (Å²) in [5.41, 5.74) is 0.637. The third-order valence-corrected chi connectivity index (χ3v) is 3.25. The Morgan fingerprint density at radius 3 is 2.83 bits per heavy atom. The summed E-state index contributed by atoms with van der Waals surface area (Å²) in [4.78, 5) is 0. The Morgan fingerprint density at radius 1 is 1.44 bits per heavy atom. The van der Waals surface area contributed by atoms with E-state index in [9.17, 15) is 4.39 Å². The molecule has 1 aromatic carbocycles. The van der Waals surface area contributed by atoms with Gasteiger partial charge in [-0.25, -0.2) is 4.39 Å². The van der Waals surface area contributed by atoms with Crippen molar-refractivity contribution < 1.29 is 9.13 Å². The number of aryl methyl sites for hydroxylation is 1. The van der Waals surface area contributed by atoms with Crippen LogP contribution in [0.3, 0.4) is 0 Å². The van der Waals surface area contributed by atoms with Crippen molar-refractivity contribution in [2.45, 2.75) is 51.7 Å². The lowest BCUT2D eigenvalue weighted by Crippen LogP contribution is -2.32. The second kappa shape index (κ2) is 6.19. The first-order valence-electron chi connectivity index (χ1n) is 6.85. The highest BCUT2D eigenvalue weighted by molar-refractivity contribution is 5.29. The van der Waals surface area contributed by atoms with Crippen molar-refractivity contribution in [3.8, 4) is 5.75 Å². The minimum absolute atomic E-state index is 0.175. The maximum absolute atomic E-state index is 13.2. The summed E-state index contributed by atoms with van der Waals surface area (Å²) >= 11 is 0. The van der Waals surface area contributed by atoms with E-state index >= 15 is 0 Å². The lowest BCUT2D eigenvalue weighted by atomic mass is 10.2. The van der Waals surface area contributed by atoms with Gasteiger partial charge >= 0.3 is 0 Å². The van der Waals surface area contributed by atoms with Crippen LogP contribution in [0.2, 0.25) is 0 Å². The highest BCUT2D eigenvalue weighted by Gasteiger charge is 2.22. The van der Waals surface area contributed by atoms with Gasteiger partial charge in [0.15, 0.2) is 0 Å². The summed E-state index contributed by atoms with van der Waals surface area (Å²) < 4.78 is 19.1. The summed E-state index contributed by atoms with van der Waals surface area (Å²) in [6, 6.07) is 5.65. The summed E-state index contributed by atoms with van der Waals surface area (Å²) in [6.07, 6.45) is 4.87. The fourth-order valence-corrected chi connectivity index (χ4v) is 1.99. The topological polar surface area (TPSA) is 21.3 Å². The molecular weight excluding hydrogens is 229 g/mol. The van der Waals surface area contributed by atoms with Gasteiger partial charge in [-0.3, -0.25) is 0 Å². The molecule has 1 aromatic rings. The molecule has 2 rings (SSSR count). The third kappa shape index (κ3) is 3.98. The van der Waals surface area contributed by atoms with E-state index in [4.69, 9.17) is 4.74 Å². The average molecular weight is 251 g/mol. The van der Waals surface area contributed by atoms with Crippen LogP contribution < -0.4 is 10.1 Å². The molecule has 0 bridgehead atoms. The van der Waals surface area contributed by atoms with Crippen LogP contribution in [-0.2, 0) is 0 Å². The van der Waals surface area contributed by atoms with Gasteiger partial charge in [0.05, 0.1) is 0 Å². The van der Waals surface area contributed by atoms with E-state index < -0.39 is 0 Å². The Labute approximate surface area is 109 Å². The van der Waals surface area contributed by atoms with Crippen LogP contribution in [0, 0.1) is 12.7 Å². The van der Waals surface area contributed by atoms with Gasteiger partial charge in [-0.2, -0.15) is 0 Å². The molecule has 1 unspecified atom stereocenters. The second-order valence-corrected chi connectivity index (χ2v) is 5.12. The van der Waals surface area contributed by atoms with Crippen LogP contribution in [0.5, 0.6) is 5.75 Å². The van der Waals surface area contributed by atoms with E-state index in [2.05, 4.69) is 12.2 Å². The Hall–Kier alpha value is -1.09. The van der Waals surface area contributed by atoms with Gasteiger partial charge in [-0.1, -0.05) is 13.3 Å². The lowest BCUT2D eigenvalue weighted by molar-refractivity contribution is 0.185. The van der Waals surface area contributed by atoms with Gasteiger partial charge in [0.1, 0.15) is 17.7 Å². The highest BCUT2D eigenvalue weighted by atomic mass is 19.1. The van der Waals surface area contributed by atoms with Gasteiger partial charge < -0.3 is 10.1 Å². The molecular formula is C15H22FNO. The molecule has 0 amide bonds. The van der Waals surface area contributed by atoms with Crippen molar-refractivity contribution in [2.75, 3.05) is 6.54 Å². The summed E-state index contributed by atoms with van der Waals surface area (Å²) in [5, 5.41) is 3.49. The van der Waals surface area contributed by atoms with E-state index in [-0.39, 0.29) is 11.9 Å². The molecule has 1 aliphatic carbocycles. The first kappa shape index (κ1) is 13.3. The molecule has 1 fully saturated rings. The number of halogens is 1. The van der Waals surface area contributed by atoms with Crippen molar-refractivity contribution in [2.24, 2.45) is 0 Å². The van der Waals surface area contributed by atoms with Gasteiger partial charge in [0.2, 0.25) is 0 Å². The van der Waals surface area contributed by atoms with Crippen molar-refractivity contribution in [3.63, 3.8) is 0 Å². The molecule has 0 aliphatic heterocycles. The van der Waals surface area contributed by atoms with Crippen LogP contribution >= 0.6 is 0 Å². The number of rotatable bonds is 7. The van der Waals surface area contributed by atoms with Crippen LogP contribution in [-0.4, -0.2) is 18.7 Å². The summed E-state index contributed by atoms with van der Waals surface area (Å²) in [6.45, 7) is 4.80. The molecule has 100 valence electrons. The molecule has 1 saturated carbocycles. The first-order valence-corrected chi connectivity index (χ1v) is 6.85. The quantitative estimate of drug-likeness (QED) is 0.801. The van der Waals surface area contributed by atoms with E-state index in [1.807, 2.05) is 0 Å². The molecule has 1 N–H and O–H groups in total. The number of nitrogens with one attached hydrogen (secondary N) is 1. The van der Waals surface area contributed by atoms with E-state index in [0.717, 1.165) is 25.1 Å². The summed E-state index contributed by atoms with van der Waals surface area (Å²) in [5.74, 6) is 0.593. The number of hydrogen-bond acceptors (Lipinski definition) is 2. The molecule has 0 heterocycles. The maximum atomic E-state index is 13.2. The Balaban J connectivity index is 1.90. The van der Waals surface area contributed by atoms with Crippen molar-refractivity contribution >= 4 is 0 Å². The van der Waals surface area contributed by atoms with Gasteiger partial charge in [0, 0.05) is 12.6 Å². The molecule has 2 nitrogen and oxygen atoms in total. The lowest BCUT2D eigenvalue weighted by Gasteiger charge is -2.19. The molecule has 0 radical (unpaired) electrons. The van der Waals surface area contributed by atoms with Crippen molar-refractivity contribution in [1.82, 2.24) is 5.32 Å². The van der Waals surface area contributed by atoms with Crippen molar-refractivity contribution in [3.05, 3.63) is 29.6 Å². The molecule has 0 saturated heterocycles. The Bertz CT molecular complexity index is 390. The van der Waals surface area contributed by atoms with E-state index in [1.165, 1.54) is 18.9 Å². The van der Waals surface area contributed by atoms with Crippen LogP contribution in [0.25, 0.3) is 0 Å². The smallest absolute Gasteiger partial charge is 0.126 e. The molecule has 1 aliphatic rings. The van der Waals surface area contributed by atoms with Crippen LogP contribution in [0.1, 0.15) is 38.2 Å². The van der Waals surface area contributed by atoms with Crippen LogP contribution in [0.4, 0.5) is 4.39 Å². The van der Waals surface area contributed by atoms with Gasteiger partial charge in [-0.05, 0) is 49.9 Å². The molecule has 3 heteroatoms. The Kier molecular flexibility index (Phi) is 4.59. The monoisotopic (exact) mass is 251 g/mol. The average Bonchev–Trinajstić information content (AvgIpc) is 3.15. The predicted molar refractivity (Wildman–Crippen MR) is 71.5 cm³/mol. The van der Waals surface area contributed by atoms with Crippen molar-refractivity contribution in [1.29, 1.82) is 0 Å². The highest BCUT2D eigenvalue weighted by Crippen LogP contribution is 2.21. The minimum Gasteiger partial charge on any atom is -0.489 e. The normalized spacial score (nSPS) is 16.6. The first-order chi connectivity index (χ1) is 8.69. The van der Waals surface area contributed by atoms with Gasteiger partial charge in [0.25, 0.3) is 0 Å². The predicted octanol–water partition coefficient (Wildman–Crippen LogP) is 3.43. The van der Waals surface area contributed by atoms with E-state index in [1.54, 1.807) is 19.1 Å². The molecule has 18 heavy (non-hydrogen) atoms. The SMILES string of the molecule is CCCC(CNC1CC1)Oc1ccc(F)c(C)c1. The number of hydrogen-bond donors (Lipinski definition) is 1. The number of benzene rings is 1. The van der Waals surface area contributed by atoms with E-state index in [0.29, 0.717) is 11.6 Å². The summed E-state index contributed by atoms with van der Waals surface area (Å²) in [7, 11) is 0. The fourth-order valence-electron chi connectivity index (χ4n) is 1.99. The van der Waals surface area contributed by atoms with Gasteiger partial charge in [-0.15, -0.1) is 0 Å². The maximum Gasteiger partial charge on any atom is 0.126 e. The number of ether oxygens (including phenoxy) is 1.